The lowest BCUT2D eigenvalue weighted by Crippen LogP contribution is -2.20. The highest BCUT2D eigenvalue weighted by molar-refractivity contribution is 5.29. The van der Waals surface area contributed by atoms with E-state index in [1.165, 1.54) is 0 Å². The van der Waals surface area contributed by atoms with Crippen molar-refractivity contribution in [1.82, 2.24) is 10.3 Å². The van der Waals surface area contributed by atoms with Crippen LogP contribution >= 0.6 is 0 Å². The van der Waals surface area contributed by atoms with E-state index in [0.717, 1.165) is 49.7 Å². The fourth-order valence-corrected chi connectivity index (χ4v) is 1.89. The Hall–Kier alpha value is -1.13. The SMILES string of the molecule is CCCCOCCOc1ccc(C)nc1CNCC(C)C. The molecule has 0 saturated carbocycles. The van der Waals surface area contributed by atoms with Gasteiger partial charge in [0.15, 0.2) is 0 Å². The molecule has 0 aliphatic rings. The third-order valence-corrected chi connectivity index (χ3v) is 3.04. The van der Waals surface area contributed by atoms with Crippen molar-refractivity contribution in [2.75, 3.05) is 26.4 Å². The Morgan fingerprint density at radius 2 is 2.00 bits per heavy atom. The molecule has 0 atom stereocenters. The molecule has 4 nitrogen and oxygen atoms in total. The number of nitrogens with one attached hydrogen (secondary N) is 1. The summed E-state index contributed by atoms with van der Waals surface area (Å²) in [5, 5.41) is 3.41. The summed E-state index contributed by atoms with van der Waals surface area (Å²) >= 11 is 0. The first-order valence-corrected chi connectivity index (χ1v) is 8.01. The molecule has 120 valence electrons. The first-order chi connectivity index (χ1) is 10.1. The third kappa shape index (κ3) is 8.02. The molecule has 0 fully saturated rings. The van der Waals surface area contributed by atoms with Crippen LogP contribution < -0.4 is 10.1 Å². The van der Waals surface area contributed by atoms with Gasteiger partial charge in [0.1, 0.15) is 12.4 Å². The van der Waals surface area contributed by atoms with Gasteiger partial charge in [-0.3, -0.25) is 4.98 Å². The summed E-state index contributed by atoms with van der Waals surface area (Å²) in [4.78, 5) is 4.57. The van der Waals surface area contributed by atoms with Crippen LogP contribution in [0, 0.1) is 12.8 Å². The average molecular weight is 294 g/mol. The maximum Gasteiger partial charge on any atom is 0.142 e. The van der Waals surface area contributed by atoms with Gasteiger partial charge in [-0.05, 0) is 37.9 Å². The molecule has 0 saturated heterocycles. The summed E-state index contributed by atoms with van der Waals surface area (Å²) in [6.45, 7) is 12.3. The van der Waals surface area contributed by atoms with Crippen molar-refractivity contribution in [2.24, 2.45) is 5.92 Å². The first kappa shape index (κ1) is 17.9. The maximum atomic E-state index is 5.80. The van der Waals surface area contributed by atoms with Crippen molar-refractivity contribution in [3.05, 3.63) is 23.5 Å². The number of rotatable bonds is 11. The molecular weight excluding hydrogens is 264 g/mol. The molecule has 0 radical (unpaired) electrons. The normalized spacial score (nSPS) is 11.1. The molecule has 1 aromatic rings. The van der Waals surface area contributed by atoms with Crippen LogP contribution in [0.25, 0.3) is 0 Å². The van der Waals surface area contributed by atoms with Crippen LogP contribution in [0.2, 0.25) is 0 Å². The number of unbranched alkanes of at least 4 members (excludes halogenated alkanes) is 1. The molecule has 1 heterocycles. The predicted octanol–water partition coefficient (Wildman–Crippen LogP) is 3.33. The second kappa shape index (κ2) is 10.6. The monoisotopic (exact) mass is 294 g/mol. The van der Waals surface area contributed by atoms with Gasteiger partial charge in [-0.15, -0.1) is 0 Å². The minimum Gasteiger partial charge on any atom is -0.489 e. The average Bonchev–Trinajstić information content (AvgIpc) is 2.44. The minimum atomic E-state index is 0.575. The van der Waals surface area contributed by atoms with Crippen LogP contribution in [0.1, 0.15) is 45.0 Å². The molecule has 21 heavy (non-hydrogen) atoms. The predicted molar refractivity (Wildman–Crippen MR) is 86.7 cm³/mol. The smallest absolute Gasteiger partial charge is 0.142 e. The largest absolute Gasteiger partial charge is 0.489 e. The number of aryl methyl sites for hydroxylation is 1. The van der Waals surface area contributed by atoms with Gasteiger partial charge in [0.05, 0.1) is 12.3 Å². The second-order valence-electron chi connectivity index (χ2n) is 5.74. The molecule has 1 N–H and O–H groups in total. The molecule has 1 rings (SSSR count). The Bertz CT molecular complexity index is 394. The number of pyridine rings is 1. The van der Waals surface area contributed by atoms with Gasteiger partial charge in [-0.25, -0.2) is 0 Å². The summed E-state index contributed by atoms with van der Waals surface area (Å²) < 4.78 is 11.3. The van der Waals surface area contributed by atoms with Crippen LogP contribution in [-0.4, -0.2) is 31.3 Å². The number of nitrogens with zero attached hydrogens (tertiary/aromatic N) is 1. The van der Waals surface area contributed by atoms with Crippen molar-refractivity contribution < 1.29 is 9.47 Å². The van der Waals surface area contributed by atoms with Crippen molar-refractivity contribution in [3.63, 3.8) is 0 Å². The van der Waals surface area contributed by atoms with Crippen LogP contribution in [0.3, 0.4) is 0 Å². The van der Waals surface area contributed by atoms with Crippen LogP contribution in [0.5, 0.6) is 5.75 Å². The summed E-state index contributed by atoms with van der Waals surface area (Å²) in [6, 6.07) is 3.99. The Morgan fingerprint density at radius 3 is 2.71 bits per heavy atom. The molecule has 1 aromatic heterocycles. The Kier molecular flexibility index (Phi) is 9.02. The summed E-state index contributed by atoms with van der Waals surface area (Å²) in [7, 11) is 0. The molecule has 0 unspecified atom stereocenters. The van der Waals surface area contributed by atoms with Crippen molar-refractivity contribution in [2.45, 2.75) is 47.1 Å². The first-order valence-electron chi connectivity index (χ1n) is 8.01. The van der Waals surface area contributed by atoms with E-state index in [-0.39, 0.29) is 0 Å². The van der Waals surface area contributed by atoms with E-state index >= 15 is 0 Å². The van der Waals surface area contributed by atoms with E-state index in [1.807, 2.05) is 19.1 Å². The van der Waals surface area contributed by atoms with E-state index < -0.39 is 0 Å². The Morgan fingerprint density at radius 1 is 1.19 bits per heavy atom. The lowest BCUT2D eigenvalue weighted by Gasteiger charge is -2.13. The number of ether oxygens (including phenoxy) is 2. The van der Waals surface area contributed by atoms with Gasteiger partial charge in [-0.1, -0.05) is 27.2 Å². The summed E-state index contributed by atoms with van der Waals surface area (Å²) in [6.07, 6.45) is 2.27. The fourth-order valence-electron chi connectivity index (χ4n) is 1.89. The Balaban J connectivity index is 2.40. The molecule has 0 amide bonds. The lowest BCUT2D eigenvalue weighted by molar-refractivity contribution is 0.0975. The highest BCUT2D eigenvalue weighted by Crippen LogP contribution is 2.16. The van der Waals surface area contributed by atoms with Crippen molar-refractivity contribution in [3.8, 4) is 5.75 Å². The molecule has 0 bridgehead atoms. The van der Waals surface area contributed by atoms with E-state index in [1.54, 1.807) is 0 Å². The zero-order valence-electron chi connectivity index (χ0n) is 13.9. The highest BCUT2D eigenvalue weighted by Gasteiger charge is 2.06. The zero-order valence-corrected chi connectivity index (χ0v) is 13.9. The molecule has 0 spiro atoms. The van der Waals surface area contributed by atoms with Gasteiger partial charge in [0, 0.05) is 18.8 Å². The molecule has 0 aromatic carbocycles. The van der Waals surface area contributed by atoms with Crippen molar-refractivity contribution in [1.29, 1.82) is 0 Å². The zero-order chi connectivity index (χ0) is 15.5. The van der Waals surface area contributed by atoms with Crippen molar-refractivity contribution >= 4 is 0 Å². The second-order valence-corrected chi connectivity index (χ2v) is 5.74. The van der Waals surface area contributed by atoms with Gasteiger partial charge in [0.2, 0.25) is 0 Å². The van der Waals surface area contributed by atoms with E-state index in [0.29, 0.717) is 19.1 Å². The molecular formula is C17H30N2O2. The molecule has 0 aliphatic heterocycles. The number of hydrogen-bond acceptors (Lipinski definition) is 4. The lowest BCUT2D eigenvalue weighted by atomic mass is 10.2. The van der Waals surface area contributed by atoms with Gasteiger partial charge in [-0.2, -0.15) is 0 Å². The Labute approximate surface area is 129 Å². The van der Waals surface area contributed by atoms with E-state index in [4.69, 9.17) is 9.47 Å². The van der Waals surface area contributed by atoms with Crippen LogP contribution in [0.4, 0.5) is 0 Å². The highest BCUT2D eigenvalue weighted by atomic mass is 16.5. The van der Waals surface area contributed by atoms with E-state index in [9.17, 15) is 0 Å². The van der Waals surface area contributed by atoms with Gasteiger partial charge < -0.3 is 14.8 Å². The fraction of sp³-hybridized carbons (Fsp3) is 0.706. The van der Waals surface area contributed by atoms with E-state index in [2.05, 4.69) is 31.1 Å². The molecule has 0 aliphatic carbocycles. The van der Waals surface area contributed by atoms with Gasteiger partial charge in [0.25, 0.3) is 0 Å². The van der Waals surface area contributed by atoms with Crippen LogP contribution in [-0.2, 0) is 11.3 Å². The third-order valence-electron chi connectivity index (χ3n) is 3.04. The van der Waals surface area contributed by atoms with Gasteiger partial charge >= 0.3 is 0 Å². The summed E-state index contributed by atoms with van der Waals surface area (Å²) in [5.41, 5.74) is 1.99. The van der Waals surface area contributed by atoms with Crippen LogP contribution in [0.15, 0.2) is 12.1 Å². The number of hydrogen-bond donors (Lipinski definition) is 1. The quantitative estimate of drug-likeness (QED) is 0.636. The number of aromatic nitrogens is 1. The summed E-state index contributed by atoms with van der Waals surface area (Å²) in [5.74, 6) is 1.49. The standard InChI is InChI=1S/C17H30N2O2/c1-5-6-9-20-10-11-21-17-8-7-15(4)19-16(17)13-18-12-14(2)3/h7-8,14,18H,5-6,9-13H2,1-4H3. The maximum absolute atomic E-state index is 5.80. The topological polar surface area (TPSA) is 43.4 Å². The molecule has 4 heteroatoms. The minimum absolute atomic E-state index is 0.575.